The summed E-state index contributed by atoms with van der Waals surface area (Å²) in [7, 11) is 0. The van der Waals surface area contributed by atoms with Crippen molar-refractivity contribution in [3.8, 4) is 5.75 Å². The standard InChI is InChI=1S/C20H21FN2O2/c1-20(2,17-11-22-18-9-8-14(21)10-16(17)18)13-23-19(24)12-25-15-6-4-3-5-7-15/h3-11,22H,12-13H2,1-2H3,(H,23,24). The summed E-state index contributed by atoms with van der Waals surface area (Å²) in [6, 6.07) is 13.9. The summed E-state index contributed by atoms with van der Waals surface area (Å²) >= 11 is 0. The molecule has 0 spiro atoms. The molecule has 0 aliphatic carbocycles. The molecule has 2 aromatic carbocycles. The van der Waals surface area contributed by atoms with Crippen molar-refractivity contribution in [1.82, 2.24) is 10.3 Å². The summed E-state index contributed by atoms with van der Waals surface area (Å²) < 4.78 is 19.0. The Hall–Kier alpha value is -2.82. The Morgan fingerprint density at radius 3 is 2.72 bits per heavy atom. The molecule has 1 amide bonds. The fraction of sp³-hybridized carbons (Fsp3) is 0.250. The lowest BCUT2D eigenvalue weighted by Gasteiger charge is -2.25. The third kappa shape index (κ3) is 3.99. The molecule has 0 atom stereocenters. The van der Waals surface area contributed by atoms with E-state index in [-0.39, 0.29) is 23.7 Å². The van der Waals surface area contributed by atoms with E-state index < -0.39 is 0 Å². The molecule has 0 aliphatic heterocycles. The van der Waals surface area contributed by atoms with E-state index in [0.29, 0.717) is 12.3 Å². The van der Waals surface area contributed by atoms with Gasteiger partial charge in [0.2, 0.25) is 0 Å². The van der Waals surface area contributed by atoms with Gasteiger partial charge in [-0.25, -0.2) is 4.39 Å². The molecule has 0 radical (unpaired) electrons. The summed E-state index contributed by atoms with van der Waals surface area (Å²) in [6.45, 7) is 4.41. The van der Waals surface area contributed by atoms with E-state index in [0.717, 1.165) is 16.5 Å². The van der Waals surface area contributed by atoms with Gasteiger partial charge in [-0.2, -0.15) is 0 Å². The molecule has 1 aromatic heterocycles. The first-order valence-electron chi connectivity index (χ1n) is 8.17. The minimum atomic E-state index is -0.353. The van der Waals surface area contributed by atoms with Gasteiger partial charge in [0.1, 0.15) is 11.6 Å². The van der Waals surface area contributed by atoms with E-state index in [2.05, 4.69) is 10.3 Å². The van der Waals surface area contributed by atoms with E-state index in [1.54, 1.807) is 18.2 Å². The first-order chi connectivity index (χ1) is 12.0. The Labute approximate surface area is 146 Å². The van der Waals surface area contributed by atoms with Crippen molar-refractivity contribution in [2.24, 2.45) is 0 Å². The Balaban J connectivity index is 1.62. The van der Waals surface area contributed by atoms with Gasteiger partial charge in [0.15, 0.2) is 6.61 Å². The monoisotopic (exact) mass is 340 g/mol. The Kier molecular flexibility index (Phi) is 4.74. The lowest BCUT2D eigenvalue weighted by molar-refractivity contribution is -0.123. The molecule has 2 N–H and O–H groups in total. The van der Waals surface area contributed by atoms with Crippen molar-refractivity contribution in [3.05, 3.63) is 66.1 Å². The number of aromatic amines is 1. The predicted molar refractivity (Wildman–Crippen MR) is 96.2 cm³/mol. The number of hydrogen-bond donors (Lipinski definition) is 2. The van der Waals surface area contributed by atoms with Crippen molar-refractivity contribution >= 4 is 16.8 Å². The average Bonchev–Trinajstić information content (AvgIpc) is 3.03. The molecule has 0 saturated heterocycles. The normalized spacial score (nSPS) is 11.5. The fourth-order valence-electron chi connectivity index (χ4n) is 2.78. The van der Waals surface area contributed by atoms with Gasteiger partial charge in [-0.05, 0) is 35.9 Å². The largest absolute Gasteiger partial charge is 0.484 e. The predicted octanol–water partition coefficient (Wildman–Crippen LogP) is 3.78. The summed E-state index contributed by atoms with van der Waals surface area (Å²) in [5, 5.41) is 3.72. The van der Waals surface area contributed by atoms with E-state index in [1.165, 1.54) is 12.1 Å². The van der Waals surface area contributed by atoms with E-state index in [9.17, 15) is 9.18 Å². The van der Waals surface area contributed by atoms with Crippen LogP contribution in [-0.2, 0) is 10.2 Å². The molecular formula is C20H21FN2O2. The molecule has 25 heavy (non-hydrogen) atoms. The lowest BCUT2D eigenvalue weighted by atomic mass is 9.84. The van der Waals surface area contributed by atoms with Crippen LogP contribution in [0.5, 0.6) is 5.75 Å². The Bertz CT molecular complexity index is 872. The number of rotatable bonds is 6. The van der Waals surface area contributed by atoms with Gasteiger partial charge in [-0.1, -0.05) is 32.0 Å². The number of aromatic nitrogens is 1. The number of fused-ring (bicyclic) bond motifs is 1. The van der Waals surface area contributed by atoms with Gasteiger partial charge in [0.25, 0.3) is 5.91 Å². The van der Waals surface area contributed by atoms with Crippen molar-refractivity contribution in [2.45, 2.75) is 19.3 Å². The Morgan fingerprint density at radius 1 is 1.20 bits per heavy atom. The van der Waals surface area contributed by atoms with Crippen molar-refractivity contribution < 1.29 is 13.9 Å². The molecule has 5 heteroatoms. The Morgan fingerprint density at radius 2 is 1.96 bits per heavy atom. The molecular weight excluding hydrogens is 319 g/mol. The molecule has 1 heterocycles. The van der Waals surface area contributed by atoms with Gasteiger partial charge in [0, 0.05) is 29.1 Å². The summed E-state index contributed by atoms with van der Waals surface area (Å²) in [6.07, 6.45) is 1.87. The fourth-order valence-corrected chi connectivity index (χ4v) is 2.78. The van der Waals surface area contributed by atoms with Crippen LogP contribution in [0.4, 0.5) is 4.39 Å². The second-order valence-corrected chi connectivity index (χ2v) is 6.65. The van der Waals surface area contributed by atoms with E-state index >= 15 is 0 Å². The average molecular weight is 340 g/mol. The van der Waals surface area contributed by atoms with Crippen LogP contribution in [-0.4, -0.2) is 24.0 Å². The molecule has 3 rings (SSSR count). The molecule has 3 aromatic rings. The van der Waals surface area contributed by atoms with Crippen LogP contribution in [0.15, 0.2) is 54.7 Å². The maximum absolute atomic E-state index is 13.6. The smallest absolute Gasteiger partial charge is 0.257 e. The van der Waals surface area contributed by atoms with E-state index in [1.807, 2.05) is 38.2 Å². The number of carbonyl (C=O) groups is 1. The maximum atomic E-state index is 13.6. The molecule has 0 bridgehead atoms. The first kappa shape index (κ1) is 17.0. The van der Waals surface area contributed by atoms with Gasteiger partial charge in [-0.15, -0.1) is 0 Å². The highest BCUT2D eigenvalue weighted by atomic mass is 19.1. The van der Waals surface area contributed by atoms with Crippen LogP contribution in [0, 0.1) is 5.82 Å². The number of hydrogen-bond acceptors (Lipinski definition) is 2. The minimum absolute atomic E-state index is 0.0391. The first-order valence-corrected chi connectivity index (χ1v) is 8.17. The number of para-hydroxylation sites is 1. The van der Waals surface area contributed by atoms with Gasteiger partial charge in [0.05, 0.1) is 0 Å². The van der Waals surface area contributed by atoms with Crippen molar-refractivity contribution in [1.29, 1.82) is 0 Å². The zero-order valence-electron chi connectivity index (χ0n) is 14.3. The quantitative estimate of drug-likeness (QED) is 0.717. The van der Waals surface area contributed by atoms with Gasteiger partial charge >= 0.3 is 0 Å². The number of ether oxygens (including phenoxy) is 1. The molecule has 0 saturated carbocycles. The number of benzene rings is 2. The highest BCUT2D eigenvalue weighted by molar-refractivity contribution is 5.84. The number of nitrogens with one attached hydrogen (secondary N) is 2. The van der Waals surface area contributed by atoms with Crippen LogP contribution >= 0.6 is 0 Å². The van der Waals surface area contributed by atoms with Crippen molar-refractivity contribution in [2.75, 3.05) is 13.2 Å². The number of carbonyl (C=O) groups excluding carboxylic acids is 1. The SMILES string of the molecule is CC(C)(CNC(=O)COc1ccccc1)c1c[nH]c2ccc(F)cc12. The molecule has 0 unspecified atom stereocenters. The highest BCUT2D eigenvalue weighted by Gasteiger charge is 2.25. The zero-order valence-corrected chi connectivity index (χ0v) is 14.3. The number of H-pyrrole nitrogens is 1. The summed E-state index contributed by atoms with van der Waals surface area (Å²) in [4.78, 5) is 15.2. The van der Waals surface area contributed by atoms with Gasteiger partial charge < -0.3 is 15.0 Å². The summed E-state index contributed by atoms with van der Waals surface area (Å²) in [5.41, 5.74) is 1.49. The second kappa shape index (κ2) is 6.97. The van der Waals surface area contributed by atoms with Crippen LogP contribution in [0.2, 0.25) is 0 Å². The van der Waals surface area contributed by atoms with Crippen LogP contribution in [0.1, 0.15) is 19.4 Å². The molecule has 4 nitrogen and oxygen atoms in total. The molecule has 0 fully saturated rings. The third-order valence-electron chi connectivity index (χ3n) is 4.21. The number of amides is 1. The van der Waals surface area contributed by atoms with Crippen LogP contribution in [0.25, 0.3) is 10.9 Å². The van der Waals surface area contributed by atoms with Crippen LogP contribution < -0.4 is 10.1 Å². The second-order valence-electron chi connectivity index (χ2n) is 6.65. The van der Waals surface area contributed by atoms with Crippen molar-refractivity contribution in [3.63, 3.8) is 0 Å². The van der Waals surface area contributed by atoms with E-state index in [4.69, 9.17) is 4.74 Å². The van der Waals surface area contributed by atoms with Gasteiger partial charge in [-0.3, -0.25) is 4.79 Å². The number of halogens is 1. The minimum Gasteiger partial charge on any atom is -0.484 e. The maximum Gasteiger partial charge on any atom is 0.257 e. The third-order valence-corrected chi connectivity index (χ3v) is 4.21. The highest BCUT2D eigenvalue weighted by Crippen LogP contribution is 2.30. The summed E-state index contributed by atoms with van der Waals surface area (Å²) in [5.74, 6) is 0.191. The van der Waals surface area contributed by atoms with Crippen LogP contribution in [0.3, 0.4) is 0 Å². The molecule has 130 valence electrons. The molecule has 0 aliphatic rings. The lowest BCUT2D eigenvalue weighted by Crippen LogP contribution is -2.38. The topological polar surface area (TPSA) is 54.1 Å². The zero-order chi connectivity index (χ0) is 17.9.